The first-order valence-corrected chi connectivity index (χ1v) is 8.09. The van der Waals surface area contributed by atoms with Crippen LogP contribution in [0.2, 0.25) is 0 Å². The van der Waals surface area contributed by atoms with Crippen LogP contribution in [-0.2, 0) is 11.8 Å². The summed E-state index contributed by atoms with van der Waals surface area (Å²) in [6, 6.07) is 7.63. The van der Waals surface area contributed by atoms with Crippen molar-refractivity contribution in [2.24, 2.45) is 12.5 Å². The van der Waals surface area contributed by atoms with Crippen LogP contribution in [0, 0.1) is 5.41 Å². The number of alkyl halides is 2. The van der Waals surface area contributed by atoms with Crippen LogP contribution in [0.4, 0.5) is 8.78 Å². The van der Waals surface area contributed by atoms with Gasteiger partial charge in [0.25, 0.3) is 0 Å². The summed E-state index contributed by atoms with van der Waals surface area (Å²) < 4.78 is 34.9. The molecule has 1 aliphatic heterocycles. The molecule has 1 aromatic carbocycles. The van der Waals surface area contributed by atoms with Crippen LogP contribution in [0.15, 0.2) is 42.7 Å². The van der Waals surface area contributed by atoms with E-state index in [-0.39, 0.29) is 30.2 Å². The minimum Gasteiger partial charge on any atom is -0.425 e. The van der Waals surface area contributed by atoms with Gasteiger partial charge >= 0.3 is 12.0 Å². The Labute approximate surface area is 145 Å². The van der Waals surface area contributed by atoms with Crippen molar-refractivity contribution in [3.8, 4) is 5.75 Å². The second-order valence-corrected chi connectivity index (χ2v) is 7.11. The Kier molecular flexibility index (Phi) is 4.26. The summed E-state index contributed by atoms with van der Waals surface area (Å²) in [5.41, 5.74) is 0.608. The Bertz CT molecular complexity index is 759. The molecule has 0 spiro atoms. The van der Waals surface area contributed by atoms with Gasteiger partial charge in [-0.05, 0) is 23.1 Å². The maximum atomic E-state index is 14.3. The van der Waals surface area contributed by atoms with Crippen molar-refractivity contribution in [3.05, 3.63) is 48.3 Å². The molecule has 2 aromatic rings. The van der Waals surface area contributed by atoms with E-state index in [0.29, 0.717) is 0 Å². The van der Waals surface area contributed by atoms with Gasteiger partial charge in [0.1, 0.15) is 5.75 Å². The number of likely N-dealkylation sites (tertiary alicyclic amines) is 1. The lowest BCUT2D eigenvalue weighted by Crippen LogP contribution is -2.46. The van der Waals surface area contributed by atoms with E-state index >= 15 is 0 Å². The smallest absolute Gasteiger partial charge is 0.425 e. The standard InChI is InChI=1S/C18H21F2N3O2/c1-17(2)12-23(11-15(17)13-9-21-22(3)10-13)16(24)18(19,20)25-14-7-5-4-6-8-14/h4-10,15H,11-12H2,1-3H3. The molecule has 1 aliphatic rings. The average Bonchev–Trinajstić information content (AvgIpc) is 3.09. The highest BCUT2D eigenvalue weighted by Crippen LogP contribution is 2.43. The lowest BCUT2D eigenvalue weighted by atomic mass is 9.79. The molecule has 0 radical (unpaired) electrons. The highest BCUT2D eigenvalue weighted by molar-refractivity contribution is 5.83. The zero-order valence-corrected chi connectivity index (χ0v) is 14.4. The Morgan fingerprint density at radius 2 is 2.00 bits per heavy atom. The summed E-state index contributed by atoms with van der Waals surface area (Å²) in [5.74, 6) is -1.41. The van der Waals surface area contributed by atoms with Gasteiger partial charge in [-0.2, -0.15) is 13.9 Å². The Morgan fingerprint density at radius 3 is 2.60 bits per heavy atom. The number of hydrogen-bond donors (Lipinski definition) is 0. The topological polar surface area (TPSA) is 47.4 Å². The van der Waals surface area contributed by atoms with Crippen LogP contribution >= 0.6 is 0 Å². The Hall–Kier alpha value is -2.44. The van der Waals surface area contributed by atoms with Gasteiger partial charge in [0.05, 0.1) is 6.20 Å². The molecule has 134 valence electrons. The van der Waals surface area contributed by atoms with Gasteiger partial charge in [-0.25, -0.2) is 0 Å². The number of amides is 1. The molecule has 5 nitrogen and oxygen atoms in total. The fraction of sp³-hybridized carbons (Fsp3) is 0.444. The zero-order valence-electron chi connectivity index (χ0n) is 14.4. The lowest BCUT2D eigenvalue weighted by molar-refractivity contribution is -0.203. The number of carbonyl (C=O) groups excluding carboxylic acids is 1. The monoisotopic (exact) mass is 349 g/mol. The number of nitrogens with zero attached hydrogens (tertiary/aromatic N) is 3. The summed E-state index contributed by atoms with van der Waals surface area (Å²) in [4.78, 5) is 13.6. The van der Waals surface area contributed by atoms with Crippen molar-refractivity contribution in [2.45, 2.75) is 25.9 Å². The SMILES string of the molecule is Cn1cc(C2CN(C(=O)C(F)(F)Oc3ccccc3)CC2(C)C)cn1. The van der Waals surface area contributed by atoms with E-state index in [1.165, 1.54) is 17.0 Å². The molecule has 0 saturated carbocycles. The second kappa shape index (κ2) is 6.13. The molecule has 1 aromatic heterocycles. The van der Waals surface area contributed by atoms with Crippen molar-refractivity contribution in [1.29, 1.82) is 0 Å². The van der Waals surface area contributed by atoms with E-state index in [1.807, 2.05) is 20.0 Å². The number of hydrogen-bond acceptors (Lipinski definition) is 3. The van der Waals surface area contributed by atoms with E-state index in [0.717, 1.165) is 5.56 Å². The number of benzene rings is 1. The fourth-order valence-corrected chi connectivity index (χ4v) is 3.33. The first-order valence-electron chi connectivity index (χ1n) is 8.09. The minimum absolute atomic E-state index is 0.0388. The summed E-state index contributed by atoms with van der Waals surface area (Å²) in [6.07, 6.45) is -0.320. The number of aryl methyl sites for hydroxylation is 1. The minimum atomic E-state index is -3.90. The number of rotatable bonds is 4. The number of ether oxygens (including phenoxy) is 1. The zero-order chi connectivity index (χ0) is 18.2. The third kappa shape index (κ3) is 3.50. The molecule has 25 heavy (non-hydrogen) atoms. The molecular weight excluding hydrogens is 328 g/mol. The van der Waals surface area contributed by atoms with Gasteiger partial charge in [0, 0.05) is 32.3 Å². The van der Waals surface area contributed by atoms with Crippen molar-refractivity contribution in [1.82, 2.24) is 14.7 Å². The van der Waals surface area contributed by atoms with E-state index in [2.05, 4.69) is 9.84 Å². The van der Waals surface area contributed by atoms with Gasteiger partial charge in [0.2, 0.25) is 0 Å². The average molecular weight is 349 g/mol. The van der Waals surface area contributed by atoms with Crippen molar-refractivity contribution in [3.63, 3.8) is 0 Å². The van der Waals surface area contributed by atoms with E-state index in [1.54, 1.807) is 36.1 Å². The predicted octanol–water partition coefficient (Wildman–Crippen LogP) is 3.04. The van der Waals surface area contributed by atoms with Crippen LogP contribution in [0.5, 0.6) is 5.75 Å². The number of aromatic nitrogens is 2. The third-order valence-corrected chi connectivity index (χ3v) is 4.60. The Balaban J connectivity index is 1.76. The summed E-state index contributed by atoms with van der Waals surface area (Å²) in [5, 5.41) is 4.14. The van der Waals surface area contributed by atoms with E-state index in [9.17, 15) is 13.6 Å². The van der Waals surface area contributed by atoms with Gasteiger partial charge in [-0.15, -0.1) is 0 Å². The summed E-state index contributed by atoms with van der Waals surface area (Å²) in [6.45, 7) is 4.38. The van der Waals surface area contributed by atoms with Crippen LogP contribution in [0.25, 0.3) is 0 Å². The third-order valence-electron chi connectivity index (χ3n) is 4.60. The first kappa shape index (κ1) is 17.4. The molecule has 1 unspecified atom stereocenters. The van der Waals surface area contributed by atoms with Gasteiger partial charge in [-0.1, -0.05) is 32.0 Å². The maximum Gasteiger partial charge on any atom is 0.482 e. The Morgan fingerprint density at radius 1 is 1.32 bits per heavy atom. The largest absolute Gasteiger partial charge is 0.482 e. The molecular formula is C18H21F2N3O2. The quantitative estimate of drug-likeness (QED) is 0.852. The van der Waals surface area contributed by atoms with Crippen molar-refractivity contribution in [2.75, 3.05) is 13.1 Å². The second-order valence-electron chi connectivity index (χ2n) is 7.11. The van der Waals surface area contributed by atoms with Gasteiger partial charge in [-0.3, -0.25) is 9.48 Å². The van der Waals surface area contributed by atoms with Crippen molar-refractivity contribution >= 4 is 5.91 Å². The summed E-state index contributed by atoms with van der Waals surface area (Å²) in [7, 11) is 1.80. The fourth-order valence-electron chi connectivity index (χ4n) is 3.33. The molecule has 1 atom stereocenters. The van der Waals surface area contributed by atoms with Gasteiger partial charge < -0.3 is 9.64 Å². The molecule has 3 rings (SSSR count). The van der Waals surface area contributed by atoms with Crippen LogP contribution in [-0.4, -0.2) is 39.8 Å². The van der Waals surface area contributed by atoms with Crippen molar-refractivity contribution < 1.29 is 18.3 Å². The lowest BCUT2D eigenvalue weighted by Gasteiger charge is -2.25. The number of halogens is 2. The predicted molar refractivity (Wildman–Crippen MR) is 88.3 cm³/mol. The van der Waals surface area contributed by atoms with Crippen LogP contribution in [0.1, 0.15) is 25.3 Å². The highest BCUT2D eigenvalue weighted by atomic mass is 19.3. The molecule has 1 saturated heterocycles. The maximum absolute atomic E-state index is 14.3. The molecule has 1 fully saturated rings. The van der Waals surface area contributed by atoms with Gasteiger partial charge in [0.15, 0.2) is 0 Å². The van der Waals surface area contributed by atoms with Crippen LogP contribution in [0.3, 0.4) is 0 Å². The molecule has 1 amide bonds. The van der Waals surface area contributed by atoms with Crippen LogP contribution < -0.4 is 4.74 Å². The first-order chi connectivity index (χ1) is 11.7. The molecule has 0 N–H and O–H groups in total. The van der Waals surface area contributed by atoms with E-state index in [4.69, 9.17) is 0 Å². The molecule has 2 heterocycles. The molecule has 0 aliphatic carbocycles. The highest BCUT2D eigenvalue weighted by Gasteiger charge is 2.51. The number of para-hydroxylation sites is 1. The van der Waals surface area contributed by atoms with E-state index < -0.39 is 12.0 Å². The molecule has 7 heteroatoms. The normalized spacial score (nSPS) is 19.9. The number of carbonyl (C=O) groups is 1. The molecule has 0 bridgehead atoms. The summed E-state index contributed by atoms with van der Waals surface area (Å²) >= 11 is 0.